The number of benzene rings is 2. The van der Waals surface area contributed by atoms with Crippen molar-refractivity contribution in [3.8, 4) is 11.5 Å². The van der Waals surface area contributed by atoms with E-state index in [1.165, 1.54) is 15.9 Å². The van der Waals surface area contributed by atoms with Crippen LogP contribution in [0.1, 0.15) is 51.8 Å². The van der Waals surface area contributed by atoms with Crippen LogP contribution in [0.2, 0.25) is 5.02 Å². The highest BCUT2D eigenvalue weighted by molar-refractivity contribution is 9.10. The second kappa shape index (κ2) is 11.5. The normalized spacial score (nSPS) is 15.5. The van der Waals surface area contributed by atoms with Gasteiger partial charge < -0.3 is 14.2 Å². The fourth-order valence-corrected chi connectivity index (χ4v) is 5.80. The monoisotopic (exact) mass is 618 g/mol. The summed E-state index contributed by atoms with van der Waals surface area (Å²) in [6.07, 6.45) is 1.33. The lowest BCUT2D eigenvalue weighted by Crippen LogP contribution is -2.40. The lowest BCUT2D eigenvalue weighted by Gasteiger charge is -2.26. The highest BCUT2D eigenvalue weighted by atomic mass is 79.9. The van der Waals surface area contributed by atoms with Crippen molar-refractivity contribution in [2.75, 3.05) is 7.11 Å². The molecule has 0 N–H and O–H groups in total. The fraction of sp³-hybridized carbons (Fsp3) is 0.321. The molecule has 10 heteroatoms. The van der Waals surface area contributed by atoms with E-state index in [9.17, 15) is 9.59 Å². The first-order chi connectivity index (χ1) is 18.0. The number of ether oxygens (including phenoxy) is 3. The zero-order valence-electron chi connectivity index (χ0n) is 21.9. The maximum absolute atomic E-state index is 14.0. The summed E-state index contributed by atoms with van der Waals surface area (Å²) in [6.45, 7) is 9.16. The van der Waals surface area contributed by atoms with Crippen molar-refractivity contribution in [3.63, 3.8) is 0 Å². The maximum atomic E-state index is 14.0. The summed E-state index contributed by atoms with van der Waals surface area (Å²) < 4.78 is 19.9. The van der Waals surface area contributed by atoms with E-state index in [0.29, 0.717) is 42.7 Å². The van der Waals surface area contributed by atoms with Crippen molar-refractivity contribution in [3.05, 3.63) is 88.0 Å². The van der Waals surface area contributed by atoms with Gasteiger partial charge in [0.1, 0.15) is 17.5 Å². The molecule has 1 aliphatic rings. The SMILES string of the molecule is COc1ccc(Br)cc1[C@@H]1C(C(=O)OC(C)C)=C(C)N=c2s/c(=C\c3cc(Cl)ccc3OC(C)C)c(=O)n21. The Morgan fingerprint density at radius 3 is 2.50 bits per heavy atom. The van der Waals surface area contributed by atoms with Crippen LogP contribution >= 0.6 is 38.9 Å². The molecule has 2 heterocycles. The van der Waals surface area contributed by atoms with Gasteiger partial charge >= 0.3 is 5.97 Å². The van der Waals surface area contributed by atoms with Crippen LogP contribution in [0.4, 0.5) is 0 Å². The molecule has 0 radical (unpaired) electrons. The summed E-state index contributed by atoms with van der Waals surface area (Å²) in [4.78, 5) is 32.4. The summed E-state index contributed by atoms with van der Waals surface area (Å²) in [5, 5.41) is 0.520. The first kappa shape index (κ1) is 28.1. The van der Waals surface area contributed by atoms with E-state index in [-0.39, 0.29) is 23.3 Å². The van der Waals surface area contributed by atoms with E-state index in [1.807, 2.05) is 26.0 Å². The van der Waals surface area contributed by atoms with Crippen LogP contribution < -0.4 is 24.4 Å². The van der Waals surface area contributed by atoms with Crippen LogP contribution in [0.25, 0.3) is 6.08 Å². The molecule has 4 rings (SSSR count). The van der Waals surface area contributed by atoms with E-state index in [4.69, 9.17) is 25.8 Å². The van der Waals surface area contributed by atoms with E-state index in [2.05, 4.69) is 20.9 Å². The minimum Gasteiger partial charge on any atom is -0.496 e. The Morgan fingerprint density at radius 1 is 1.13 bits per heavy atom. The number of aromatic nitrogens is 1. The molecule has 0 amide bonds. The molecule has 0 spiro atoms. The number of thiazole rings is 1. The van der Waals surface area contributed by atoms with Crippen LogP contribution in [-0.4, -0.2) is 29.9 Å². The van der Waals surface area contributed by atoms with Crippen LogP contribution in [-0.2, 0) is 9.53 Å². The van der Waals surface area contributed by atoms with Crippen LogP contribution in [0, 0.1) is 0 Å². The Labute approximate surface area is 238 Å². The Hall–Kier alpha value is -2.88. The average molecular weight is 620 g/mol. The van der Waals surface area contributed by atoms with E-state index >= 15 is 0 Å². The average Bonchev–Trinajstić information content (AvgIpc) is 3.13. The molecule has 38 heavy (non-hydrogen) atoms. The predicted octanol–water partition coefficient (Wildman–Crippen LogP) is 5.40. The molecule has 3 aromatic rings. The molecule has 1 aliphatic heterocycles. The van der Waals surface area contributed by atoms with Gasteiger partial charge in [0.15, 0.2) is 4.80 Å². The number of methoxy groups -OCH3 is 1. The highest BCUT2D eigenvalue weighted by Gasteiger charge is 2.35. The van der Waals surface area contributed by atoms with Gasteiger partial charge in [0.2, 0.25) is 0 Å². The highest BCUT2D eigenvalue weighted by Crippen LogP contribution is 2.37. The summed E-state index contributed by atoms with van der Waals surface area (Å²) in [7, 11) is 1.55. The van der Waals surface area contributed by atoms with Crippen molar-refractivity contribution >= 4 is 50.9 Å². The number of esters is 1. The van der Waals surface area contributed by atoms with E-state index in [0.717, 1.165) is 4.47 Å². The Balaban J connectivity index is 2.00. The first-order valence-electron chi connectivity index (χ1n) is 12.0. The summed E-state index contributed by atoms with van der Waals surface area (Å²) >= 11 is 11.0. The Bertz CT molecular complexity index is 1610. The summed E-state index contributed by atoms with van der Waals surface area (Å²) in [5.41, 5.74) is 1.75. The van der Waals surface area contributed by atoms with Crippen molar-refractivity contribution in [1.82, 2.24) is 4.57 Å². The quantitative estimate of drug-likeness (QED) is 0.331. The number of halogens is 2. The molecule has 7 nitrogen and oxygen atoms in total. The number of hydrogen-bond acceptors (Lipinski definition) is 7. The fourth-order valence-electron chi connectivity index (χ4n) is 4.21. The first-order valence-corrected chi connectivity index (χ1v) is 14.0. The number of carbonyl (C=O) groups excluding carboxylic acids is 1. The topological polar surface area (TPSA) is 79.1 Å². The standard InChI is InChI=1S/C28H28BrClN2O5S/c1-14(2)36-21-10-8-19(30)11-17(21)12-23-26(33)32-25(20-13-18(29)7-9-22(20)35-6)24(27(34)37-15(3)4)16(5)31-28(32)38-23/h7-15,25H,1-6H3/b23-12-/t25-/m1/s1. The molecular weight excluding hydrogens is 592 g/mol. The molecular formula is C28H28BrClN2O5S. The van der Waals surface area contributed by atoms with Gasteiger partial charge in [-0.15, -0.1) is 0 Å². The number of nitrogens with zero attached hydrogens (tertiary/aromatic N) is 2. The predicted molar refractivity (Wildman–Crippen MR) is 153 cm³/mol. The number of rotatable bonds is 7. The molecule has 0 bridgehead atoms. The van der Waals surface area contributed by atoms with Crippen molar-refractivity contribution < 1.29 is 19.0 Å². The van der Waals surface area contributed by atoms with Gasteiger partial charge in [0.05, 0.1) is 35.1 Å². The minimum absolute atomic E-state index is 0.0642. The van der Waals surface area contributed by atoms with E-state index < -0.39 is 12.0 Å². The zero-order valence-corrected chi connectivity index (χ0v) is 25.0. The summed E-state index contributed by atoms with van der Waals surface area (Å²) in [6, 6.07) is 9.94. The lowest BCUT2D eigenvalue weighted by molar-refractivity contribution is -0.143. The van der Waals surface area contributed by atoms with Crippen LogP contribution in [0.15, 0.2) is 61.9 Å². The molecule has 0 unspecified atom stereocenters. The number of carbonyl (C=O) groups is 1. The third-order valence-electron chi connectivity index (χ3n) is 5.69. The van der Waals surface area contributed by atoms with Crippen molar-refractivity contribution in [2.24, 2.45) is 4.99 Å². The molecule has 0 aliphatic carbocycles. The van der Waals surface area contributed by atoms with Crippen molar-refractivity contribution in [2.45, 2.75) is 52.9 Å². The third kappa shape index (κ3) is 5.75. The van der Waals surface area contributed by atoms with Crippen molar-refractivity contribution in [1.29, 1.82) is 0 Å². The van der Waals surface area contributed by atoms with Gasteiger partial charge in [-0.05, 0) is 77.1 Å². The van der Waals surface area contributed by atoms with Gasteiger partial charge in [-0.2, -0.15) is 0 Å². The molecule has 0 fully saturated rings. The Morgan fingerprint density at radius 2 is 1.84 bits per heavy atom. The van der Waals surface area contributed by atoms with Crippen LogP contribution in [0.3, 0.4) is 0 Å². The van der Waals surface area contributed by atoms with Gasteiger partial charge in [0, 0.05) is 20.6 Å². The van der Waals surface area contributed by atoms with Gasteiger partial charge in [-0.25, -0.2) is 9.79 Å². The molecule has 200 valence electrons. The number of hydrogen-bond donors (Lipinski definition) is 0. The third-order valence-corrected chi connectivity index (χ3v) is 7.40. The molecule has 0 saturated carbocycles. The molecule has 1 atom stereocenters. The molecule has 0 saturated heterocycles. The molecule has 2 aromatic carbocycles. The van der Waals surface area contributed by atoms with E-state index in [1.54, 1.807) is 58.2 Å². The van der Waals surface area contributed by atoms with Gasteiger partial charge in [-0.3, -0.25) is 9.36 Å². The summed E-state index contributed by atoms with van der Waals surface area (Å²) in [5.74, 6) is 0.600. The second-order valence-electron chi connectivity index (χ2n) is 9.27. The minimum atomic E-state index is -0.808. The molecule has 1 aromatic heterocycles. The second-order valence-corrected chi connectivity index (χ2v) is 11.6. The number of allylic oxidation sites excluding steroid dienone is 1. The lowest BCUT2D eigenvalue weighted by atomic mass is 9.95. The van der Waals surface area contributed by atoms with Gasteiger partial charge in [0.25, 0.3) is 5.56 Å². The largest absolute Gasteiger partial charge is 0.496 e. The smallest absolute Gasteiger partial charge is 0.338 e. The Kier molecular flexibility index (Phi) is 8.49. The maximum Gasteiger partial charge on any atom is 0.338 e. The van der Waals surface area contributed by atoms with Crippen LogP contribution in [0.5, 0.6) is 11.5 Å². The zero-order chi connectivity index (χ0) is 27.7. The number of fused-ring (bicyclic) bond motifs is 1. The van der Waals surface area contributed by atoms with Gasteiger partial charge in [-0.1, -0.05) is 38.9 Å².